The second-order valence-corrected chi connectivity index (χ2v) is 9.80. The monoisotopic (exact) mass is 383 g/mol. The lowest BCUT2D eigenvalue weighted by molar-refractivity contribution is -0.163. The zero-order valence-electron chi connectivity index (χ0n) is 16.4. The first-order valence-electron chi connectivity index (χ1n) is 11.0. The molecular weight excluding hydrogens is 346 g/mol. The molecule has 4 saturated carbocycles. The van der Waals surface area contributed by atoms with E-state index in [0.717, 1.165) is 43.6 Å². The van der Waals surface area contributed by atoms with E-state index in [-0.39, 0.29) is 12.2 Å². The molecule has 5 aliphatic rings. The van der Waals surface area contributed by atoms with Crippen molar-refractivity contribution in [1.82, 2.24) is 4.90 Å². The predicted octanol–water partition coefficient (Wildman–Crippen LogP) is 0.901. The van der Waals surface area contributed by atoms with Crippen LogP contribution in [-0.4, -0.2) is 81.6 Å². The Morgan fingerprint density at radius 1 is 0.852 bits per heavy atom. The van der Waals surface area contributed by atoms with Crippen molar-refractivity contribution in [2.45, 2.75) is 87.7 Å². The van der Waals surface area contributed by atoms with Crippen LogP contribution in [0, 0.1) is 17.8 Å². The highest BCUT2D eigenvalue weighted by atomic mass is 16.5. The Morgan fingerprint density at radius 3 is 2.07 bits per heavy atom. The zero-order chi connectivity index (χ0) is 19.0. The first-order chi connectivity index (χ1) is 13.0. The van der Waals surface area contributed by atoms with Crippen molar-refractivity contribution in [2.24, 2.45) is 17.8 Å². The summed E-state index contributed by atoms with van der Waals surface area (Å²) >= 11 is 0. The SMILES string of the molecule is OCC1[C@@H](O)[C@H](O)[C@@H](O)CN1CCCCCOC12CC3CC(CC(C3)C1)C2. The zero-order valence-corrected chi connectivity index (χ0v) is 16.4. The standard InChI is InChI=1S/C21H37NO5/c23-13-17-19(25)20(26)18(24)12-22(17)4-2-1-3-5-27-21-9-14-6-15(10-21)8-16(7-14)11-21/h14-20,23-26H,1-13H2/t14?,15?,16?,17?,18-,19+,20+,21?/m0/s1. The summed E-state index contributed by atoms with van der Waals surface area (Å²) in [5, 5.41) is 39.2. The fourth-order valence-electron chi connectivity index (χ4n) is 6.73. The van der Waals surface area contributed by atoms with Gasteiger partial charge >= 0.3 is 0 Å². The summed E-state index contributed by atoms with van der Waals surface area (Å²) in [6.07, 6.45) is 7.95. The Hall–Kier alpha value is -0.240. The van der Waals surface area contributed by atoms with Gasteiger partial charge in [0.15, 0.2) is 0 Å². The van der Waals surface area contributed by atoms with Gasteiger partial charge in [0.2, 0.25) is 0 Å². The Bertz CT molecular complexity index is 466. The minimum Gasteiger partial charge on any atom is -0.395 e. The summed E-state index contributed by atoms with van der Waals surface area (Å²) < 4.78 is 6.46. The molecule has 5 rings (SSSR count). The van der Waals surface area contributed by atoms with Gasteiger partial charge in [-0.3, -0.25) is 4.90 Å². The molecule has 1 unspecified atom stereocenters. The van der Waals surface area contributed by atoms with Gasteiger partial charge in [-0.15, -0.1) is 0 Å². The third-order valence-corrected chi connectivity index (χ3v) is 7.70. The van der Waals surface area contributed by atoms with Crippen molar-refractivity contribution in [1.29, 1.82) is 0 Å². The largest absolute Gasteiger partial charge is 0.395 e. The molecule has 1 aliphatic heterocycles. The normalized spacial score (nSPS) is 46.9. The number of piperidine rings is 1. The number of rotatable bonds is 8. The highest BCUT2D eigenvalue weighted by molar-refractivity contribution is 5.03. The fourth-order valence-corrected chi connectivity index (χ4v) is 6.73. The molecule has 27 heavy (non-hydrogen) atoms. The molecule has 0 aromatic heterocycles. The quantitative estimate of drug-likeness (QED) is 0.466. The van der Waals surface area contributed by atoms with Crippen molar-refractivity contribution in [2.75, 3.05) is 26.3 Å². The van der Waals surface area contributed by atoms with Crippen LogP contribution in [-0.2, 0) is 4.74 Å². The van der Waals surface area contributed by atoms with Crippen LogP contribution in [0.3, 0.4) is 0 Å². The maximum Gasteiger partial charge on any atom is 0.109 e. The van der Waals surface area contributed by atoms with Crippen molar-refractivity contribution < 1.29 is 25.2 Å². The van der Waals surface area contributed by atoms with Gasteiger partial charge in [0, 0.05) is 13.2 Å². The van der Waals surface area contributed by atoms with E-state index in [2.05, 4.69) is 0 Å². The lowest BCUT2D eigenvalue weighted by Gasteiger charge is -2.56. The number of hydrogen-bond donors (Lipinski definition) is 4. The number of aliphatic hydroxyl groups excluding tert-OH is 4. The molecule has 6 heteroatoms. The van der Waals surface area contributed by atoms with E-state index in [4.69, 9.17) is 4.74 Å². The fraction of sp³-hybridized carbons (Fsp3) is 1.00. The third kappa shape index (κ3) is 4.21. The second kappa shape index (κ2) is 8.25. The highest BCUT2D eigenvalue weighted by Crippen LogP contribution is 2.57. The van der Waals surface area contributed by atoms with Crippen molar-refractivity contribution in [3.8, 4) is 0 Å². The van der Waals surface area contributed by atoms with Crippen LogP contribution < -0.4 is 0 Å². The lowest BCUT2D eigenvalue weighted by Crippen LogP contribution is -2.62. The maximum atomic E-state index is 10.0. The molecule has 156 valence electrons. The van der Waals surface area contributed by atoms with Gasteiger partial charge in [-0.25, -0.2) is 0 Å². The van der Waals surface area contributed by atoms with Crippen LogP contribution in [0.2, 0.25) is 0 Å². The molecule has 0 spiro atoms. The third-order valence-electron chi connectivity index (χ3n) is 7.70. The smallest absolute Gasteiger partial charge is 0.109 e. The highest BCUT2D eigenvalue weighted by Gasteiger charge is 2.51. The molecule has 4 N–H and O–H groups in total. The molecule has 4 atom stereocenters. The van der Waals surface area contributed by atoms with E-state index in [1.807, 2.05) is 4.90 Å². The Balaban J connectivity index is 1.16. The summed E-state index contributed by atoms with van der Waals surface area (Å²) in [7, 11) is 0. The maximum absolute atomic E-state index is 10.0. The lowest BCUT2D eigenvalue weighted by atomic mass is 9.54. The van der Waals surface area contributed by atoms with E-state index in [9.17, 15) is 20.4 Å². The van der Waals surface area contributed by atoms with Gasteiger partial charge in [-0.1, -0.05) is 0 Å². The number of likely N-dealkylation sites (tertiary alicyclic amines) is 1. The van der Waals surface area contributed by atoms with E-state index in [0.29, 0.717) is 13.1 Å². The summed E-state index contributed by atoms with van der Waals surface area (Å²) in [6, 6.07) is -0.494. The van der Waals surface area contributed by atoms with Gasteiger partial charge < -0.3 is 25.2 Å². The first kappa shape index (κ1) is 20.0. The van der Waals surface area contributed by atoms with Crippen molar-refractivity contribution in [3.05, 3.63) is 0 Å². The number of ether oxygens (including phenoxy) is 1. The molecule has 0 aromatic rings. The minimum absolute atomic E-state index is 0.188. The molecule has 0 radical (unpaired) electrons. The van der Waals surface area contributed by atoms with Gasteiger partial charge in [0.05, 0.1) is 24.4 Å². The van der Waals surface area contributed by atoms with Crippen LogP contribution in [0.4, 0.5) is 0 Å². The summed E-state index contributed by atoms with van der Waals surface area (Å²) in [6.45, 7) is 1.64. The van der Waals surface area contributed by atoms with Crippen LogP contribution in [0.15, 0.2) is 0 Å². The van der Waals surface area contributed by atoms with Crippen molar-refractivity contribution >= 4 is 0 Å². The number of nitrogens with zero attached hydrogens (tertiary/aromatic N) is 1. The molecule has 0 aromatic carbocycles. The Labute approximate surface area is 162 Å². The summed E-state index contributed by atoms with van der Waals surface area (Å²) in [4.78, 5) is 1.90. The molecule has 5 fully saturated rings. The van der Waals surface area contributed by atoms with Crippen LogP contribution in [0.5, 0.6) is 0 Å². The van der Waals surface area contributed by atoms with Gasteiger partial charge in [0.1, 0.15) is 12.2 Å². The Morgan fingerprint density at radius 2 is 1.48 bits per heavy atom. The number of hydrogen-bond acceptors (Lipinski definition) is 6. The van der Waals surface area contributed by atoms with E-state index in [1.54, 1.807) is 0 Å². The molecule has 6 nitrogen and oxygen atoms in total. The molecular formula is C21H37NO5. The van der Waals surface area contributed by atoms with Crippen LogP contribution in [0.1, 0.15) is 57.8 Å². The average Bonchev–Trinajstić information content (AvgIpc) is 2.61. The minimum atomic E-state index is -1.17. The topological polar surface area (TPSA) is 93.4 Å². The summed E-state index contributed by atoms with van der Waals surface area (Å²) in [5.41, 5.74) is 0.188. The molecule has 0 amide bonds. The van der Waals surface area contributed by atoms with E-state index < -0.39 is 24.4 Å². The number of unbranched alkanes of at least 4 members (excludes halogenated alkanes) is 2. The van der Waals surface area contributed by atoms with Gasteiger partial charge in [-0.05, 0) is 82.1 Å². The predicted molar refractivity (Wildman–Crippen MR) is 101 cm³/mol. The van der Waals surface area contributed by atoms with Gasteiger partial charge in [-0.2, -0.15) is 0 Å². The molecule has 4 bridgehead atoms. The molecule has 4 aliphatic carbocycles. The molecule has 1 saturated heterocycles. The van der Waals surface area contributed by atoms with E-state index in [1.165, 1.54) is 38.5 Å². The number of aliphatic hydroxyl groups is 4. The molecule has 1 heterocycles. The Kier molecular flexibility index (Phi) is 6.12. The van der Waals surface area contributed by atoms with Crippen LogP contribution in [0.25, 0.3) is 0 Å². The van der Waals surface area contributed by atoms with Crippen molar-refractivity contribution in [3.63, 3.8) is 0 Å². The average molecular weight is 384 g/mol. The summed E-state index contributed by atoms with van der Waals surface area (Å²) in [5.74, 6) is 2.75. The van der Waals surface area contributed by atoms with E-state index >= 15 is 0 Å². The number of β-amino-alcohol motifs (C(OH)–C–C–N with tert-alkyl or cyclic N) is 1. The van der Waals surface area contributed by atoms with Gasteiger partial charge in [0.25, 0.3) is 0 Å². The second-order valence-electron chi connectivity index (χ2n) is 9.80. The van der Waals surface area contributed by atoms with Crippen LogP contribution >= 0.6 is 0 Å². The first-order valence-corrected chi connectivity index (χ1v) is 11.0.